The molecule has 86 heavy (non-hydrogen) atoms. The van der Waals surface area contributed by atoms with Gasteiger partial charge in [-0.25, -0.2) is 9.80 Å². The molecule has 7 aliphatic rings. The fraction of sp³-hybridized carbons (Fsp3) is 0.263. The van der Waals surface area contributed by atoms with Crippen molar-refractivity contribution in [3.63, 3.8) is 0 Å². The van der Waals surface area contributed by atoms with E-state index in [1.807, 2.05) is 152 Å². The van der Waals surface area contributed by atoms with Crippen molar-refractivity contribution < 1.29 is 38.1 Å². The summed E-state index contributed by atoms with van der Waals surface area (Å²) in [6, 6.07) is 44.3. The maximum Gasteiger partial charge on any atom is 0.266 e. The van der Waals surface area contributed by atoms with Crippen LogP contribution in [0.5, 0.6) is 28.7 Å². The summed E-state index contributed by atoms with van der Waals surface area (Å²) in [6.07, 6.45) is 13.6. The van der Waals surface area contributed by atoms with Gasteiger partial charge in [-0.3, -0.25) is 19.2 Å². The largest absolute Gasteiger partial charge is 0.482 e. The summed E-state index contributed by atoms with van der Waals surface area (Å²) in [6.45, 7) is 16.7. The van der Waals surface area contributed by atoms with E-state index >= 15 is 19.2 Å². The number of hydrogen-bond acceptors (Lipinski definition) is 8. The molecule has 3 bridgehead atoms. The normalized spacial score (nSPS) is 22.4. The van der Waals surface area contributed by atoms with Crippen molar-refractivity contribution in [3.8, 4) is 28.7 Å². The first kappa shape index (κ1) is 54.6. The van der Waals surface area contributed by atoms with Crippen molar-refractivity contribution in [1.82, 2.24) is 0 Å². The van der Waals surface area contributed by atoms with Crippen LogP contribution < -0.4 is 24.0 Å². The Bertz CT molecular complexity index is 4180. The summed E-state index contributed by atoms with van der Waals surface area (Å²) in [5.41, 5.74) is 7.31. The zero-order chi connectivity index (χ0) is 59.5. The fourth-order valence-corrected chi connectivity index (χ4v) is 14.1. The Hall–Kier alpha value is -9.28. The third kappa shape index (κ3) is 8.89. The fourth-order valence-electron chi connectivity index (χ4n) is 14.1. The molecule has 4 amide bonds. The molecule has 2 heterocycles. The van der Waals surface area contributed by atoms with Gasteiger partial charge >= 0.3 is 0 Å². The third-order valence-corrected chi connectivity index (χ3v) is 18.3. The van der Waals surface area contributed by atoms with Crippen LogP contribution in [-0.4, -0.2) is 29.2 Å². The lowest BCUT2D eigenvalue weighted by atomic mass is 9.67. The predicted molar refractivity (Wildman–Crippen MR) is 337 cm³/mol. The second-order valence-corrected chi connectivity index (χ2v) is 25.3. The molecule has 1 saturated heterocycles. The Morgan fingerprint density at radius 2 is 1.06 bits per heavy atom. The standard InChI is InChI=1S/C76H68N2O8/c1-43(2)52-29-20-30-53(44(3)4)70(52)77-65(79)35-47-34-62(86-76-33-19-18-22-48(76)40-76)56-36-57-61(83-49-23-12-9-13-24-49)37-58-66-59(73(81)78(72(58)80)71-54(45(5)6)31-21-32-55(71)46(7)8)38-63(84-50-25-14-10-15-26-50)69(68(57)66)67-60(56)41-75(39-47,74(77)82)42-64(67)85-51-27-16-11-17-28-51/h9-34,37-38,42-46,48H,35-36,39-41H2,1-8H3/b47-34-,62-56+. The molecular weight excluding hydrogens is 1070 g/mol. The van der Waals surface area contributed by atoms with Gasteiger partial charge < -0.3 is 18.9 Å². The van der Waals surface area contributed by atoms with Crippen LogP contribution in [-0.2, 0) is 20.7 Å². The lowest BCUT2D eigenvalue weighted by Gasteiger charge is -2.40. The van der Waals surface area contributed by atoms with Gasteiger partial charge in [0.25, 0.3) is 11.8 Å². The molecule has 5 aliphatic carbocycles. The van der Waals surface area contributed by atoms with E-state index in [-0.39, 0.29) is 78.2 Å². The first-order chi connectivity index (χ1) is 41.5. The van der Waals surface area contributed by atoms with Crippen molar-refractivity contribution in [3.05, 3.63) is 249 Å². The molecule has 2 fully saturated rings. The number of ether oxygens (including phenoxy) is 4. The van der Waals surface area contributed by atoms with Crippen LogP contribution in [0.25, 0.3) is 16.3 Å². The number of carbonyl (C=O) groups is 4. The molecule has 0 radical (unpaired) electrons. The van der Waals surface area contributed by atoms with Gasteiger partial charge in [0, 0.05) is 58.2 Å². The molecule has 2 aliphatic heterocycles. The molecular formula is C76H68N2O8. The second kappa shape index (κ2) is 20.8. The van der Waals surface area contributed by atoms with E-state index in [9.17, 15) is 0 Å². The van der Waals surface area contributed by atoms with Crippen molar-refractivity contribution in [1.29, 1.82) is 0 Å². The van der Waals surface area contributed by atoms with Crippen molar-refractivity contribution >= 4 is 51.3 Å². The van der Waals surface area contributed by atoms with Crippen LogP contribution in [0, 0.1) is 11.3 Å². The monoisotopic (exact) mass is 1140 g/mol. The number of fused-ring (bicyclic) bond motifs is 3. The summed E-state index contributed by atoms with van der Waals surface area (Å²) >= 11 is 0. The number of anilines is 2. The highest BCUT2D eigenvalue weighted by Crippen LogP contribution is 2.61. The molecule has 1 saturated carbocycles. The van der Waals surface area contributed by atoms with Gasteiger partial charge in [0.2, 0.25) is 11.8 Å². The first-order valence-electron chi connectivity index (χ1n) is 30.3. The number of rotatable bonds is 14. The highest BCUT2D eigenvalue weighted by molar-refractivity contribution is 6.37. The summed E-state index contributed by atoms with van der Waals surface area (Å²) in [5.74, 6) is 1.52. The topological polar surface area (TPSA) is 112 Å². The Kier molecular flexibility index (Phi) is 13.2. The van der Waals surface area contributed by atoms with Crippen LogP contribution in [0.1, 0.15) is 159 Å². The molecule has 3 unspecified atom stereocenters. The Labute approximate surface area is 502 Å². The molecule has 14 rings (SSSR count). The van der Waals surface area contributed by atoms with Gasteiger partial charge in [0.05, 0.1) is 27.9 Å². The zero-order valence-corrected chi connectivity index (χ0v) is 49.8. The minimum absolute atomic E-state index is 0.0233. The van der Waals surface area contributed by atoms with Crippen molar-refractivity contribution in [2.75, 3.05) is 9.80 Å². The van der Waals surface area contributed by atoms with Crippen LogP contribution in [0.4, 0.5) is 11.4 Å². The van der Waals surface area contributed by atoms with Crippen LogP contribution >= 0.6 is 0 Å². The number of para-hydroxylation sites is 5. The molecule has 3 atom stereocenters. The molecule has 1 spiro atoms. The van der Waals surface area contributed by atoms with Gasteiger partial charge in [-0.2, -0.15) is 0 Å². The molecule has 10 heteroatoms. The van der Waals surface area contributed by atoms with Gasteiger partial charge in [-0.15, -0.1) is 0 Å². The number of nitrogens with zero attached hydrogens (tertiary/aromatic N) is 2. The Balaban J connectivity index is 1.12. The van der Waals surface area contributed by atoms with Crippen LogP contribution in [0.15, 0.2) is 204 Å². The minimum Gasteiger partial charge on any atom is -0.482 e. The molecule has 10 nitrogen and oxygen atoms in total. The average Bonchev–Trinajstić information content (AvgIpc) is 1.31. The van der Waals surface area contributed by atoms with Gasteiger partial charge in [0.1, 0.15) is 45.9 Å². The number of amides is 4. The number of hydrogen-bond donors (Lipinski definition) is 0. The number of carbonyl (C=O) groups excluding carboxylic acids is 4. The highest BCUT2D eigenvalue weighted by atomic mass is 16.5. The van der Waals surface area contributed by atoms with Gasteiger partial charge in [-0.1, -0.05) is 170 Å². The predicted octanol–water partition coefficient (Wildman–Crippen LogP) is 17.8. The summed E-state index contributed by atoms with van der Waals surface area (Å²) in [7, 11) is 0. The van der Waals surface area contributed by atoms with Gasteiger partial charge in [0.15, 0.2) is 0 Å². The zero-order valence-electron chi connectivity index (χ0n) is 49.8. The Morgan fingerprint density at radius 3 is 1.60 bits per heavy atom. The molecule has 0 aromatic heterocycles. The van der Waals surface area contributed by atoms with E-state index < -0.39 is 22.8 Å². The number of allylic oxidation sites excluding steroid dienone is 6. The lowest BCUT2D eigenvalue weighted by molar-refractivity contribution is -0.130. The van der Waals surface area contributed by atoms with E-state index in [2.05, 4.69) is 73.6 Å². The van der Waals surface area contributed by atoms with Crippen molar-refractivity contribution in [2.24, 2.45) is 11.3 Å². The second-order valence-electron chi connectivity index (χ2n) is 25.3. The third-order valence-electron chi connectivity index (χ3n) is 18.3. The van der Waals surface area contributed by atoms with E-state index in [4.69, 9.17) is 18.9 Å². The Morgan fingerprint density at radius 1 is 0.535 bits per heavy atom. The SMILES string of the molecule is CC(C)c1cccc(C(C)C)c1N1C(=O)c2cc(Oc3ccccc3)c3c4c(c(Oc5ccccc5)cc(c24)C1=O)C1=C2CC4(C=C1Oc1ccccc1)C/C(=C\C(OC15C=CC=CC1C5)=C/2C3)CC(=O)N(c1c(C(C)C)cccc1C(C)C)C4=O. The minimum atomic E-state index is -1.40. The first-order valence-corrected chi connectivity index (χ1v) is 30.3. The maximum atomic E-state index is 16.8. The van der Waals surface area contributed by atoms with E-state index in [0.29, 0.717) is 79.1 Å². The maximum absolute atomic E-state index is 16.8. The molecule has 7 aromatic rings. The van der Waals surface area contributed by atoms with E-state index in [1.54, 1.807) is 6.07 Å². The van der Waals surface area contributed by atoms with Crippen LogP contribution in [0.3, 0.4) is 0 Å². The number of imide groups is 2. The highest BCUT2D eigenvalue weighted by Gasteiger charge is 2.57. The quantitative estimate of drug-likeness (QED) is 0.0990. The summed E-state index contributed by atoms with van der Waals surface area (Å²) in [4.78, 5) is 67.8. The lowest BCUT2D eigenvalue weighted by Crippen LogP contribution is -2.47. The summed E-state index contributed by atoms with van der Waals surface area (Å²) in [5, 5.41) is 1.03. The molecule has 0 N–H and O–H groups in total. The average molecular weight is 1140 g/mol. The van der Waals surface area contributed by atoms with E-state index in [0.717, 1.165) is 45.4 Å². The summed E-state index contributed by atoms with van der Waals surface area (Å²) < 4.78 is 29.5. The van der Waals surface area contributed by atoms with Gasteiger partial charge in [-0.05, 0) is 131 Å². The molecule has 7 aromatic carbocycles. The van der Waals surface area contributed by atoms with Crippen molar-refractivity contribution in [2.45, 2.75) is 117 Å². The smallest absolute Gasteiger partial charge is 0.266 e. The van der Waals surface area contributed by atoms with E-state index in [1.165, 1.54) is 9.80 Å². The molecule has 430 valence electrons. The van der Waals surface area contributed by atoms with Crippen LogP contribution in [0.2, 0.25) is 0 Å². The number of benzene rings is 7.